The van der Waals surface area contributed by atoms with Crippen LogP contribution in [0.4, 0.5) is 4.79 Å². The fourth-order valence-electron chi connectivity index (χ4n) is 6.02. The van der Waals surface area contributed by atoms with Gasteiger partial charge in [-0.1, -0.05) is 47.5 Å². The zero-order valence-corrected chi connectivity index (χ0v) is 26.7. The lowest BCUT2D eigenvalue weighted by molar-refractivity contribution is -0.136. The Kier molecular flexibility index (Phi) is 9.85. The van der Waals surface area contributed by atoms with E-state index < -0.39 is 12.1 Å². The Morgan fingerprint density at radius 3 is 2.16 bits per heavy atom. The van der Waals surface area contributed by atoms with Gasteiger partial charge in [0.2, 0.25) is 11.8 Å². The molecule has 0 unspecified atom stereocenters. The number of benzene rings is 2. The lowest BCUT2D eigenvalue weighted by Crippen LogP contribution is -2.56. The zero-order chi connectivity index (χ0) is 31.3. The van der Waals surface area contributed by atoms with E-state index in [1.165, 1.54) is 0 Å². The van der Waals surface area contributed by atoms with Gasteiger partial charge in [-0.2, -0.15) is 0 Å². The largest absolute Gasteiger partial charge is 0.477 e. The van der Waals surface area contributed by atoms with E-state index in [9.17, 15) is 9.59 Å². The van der Waals surface area contributed by atoms with E-state index in [2.05, 4.69) is 9.88 Å². The third-order valence-corrected chi connectivity index (χ3v) is 8.86. The number of halogens is 2. The van der Waals surface area contributed by atoms with Gasteiger partial charge in [-0.15, -0.1) is 0 Å². The molecule has 0 radical (unpaired) electrons. The number of ether oxygens (including phenoxy) is 2. The first-order valence-corrected chi connectivity index (χ1v) is 16.0. The van der Waals surface area contributed by atoms with Crippen molar-refractivity contribution in [2.75, 3.05) is 65.6 Å². The van der Waals surface area contributed by atoms with Crippen molar-refractivity contribution in [3.63, 3.8) is 0 Å². The summed E-state index contributed by atoms with van der Waals surface area (Å²) in [7, 11) is 0. The van der Waals surface area contributed by atoms with E-state index >= 15 is 0 Å². The summed E-state index contributed by atoms with van der Waals surface area (Å²) in [4.78, 5) is 44.8. The fourth-order valence-corrected chi connectivity index (χ4v) is 6.27. The minimum Gasteiger partial charge on any atom is -0.477 e. The molecule has 0 aliphatic carbocycles. The van der Waals surface area contributed by atoms with Gasteiger partial charge in [-0.25, -0.2) is 9.78 Å². The summed E-state index contributed by atoms with van der Waals surface area (Å²) >= 11 is 12.6. The van der Waals surface area contributed by atoms with Crippen LogP contribution in [-0.2, 0) is 9.53 Å². The molecule has 2 fully saturated rings. The number of nitrogens with zero attached hydrogens (tertiary/aromatic N) is 6. The van der Waals surface area contributed by atoms with Crippen molar-refractivity contribution >= 4 is 41.0 Å². The molecule has 3 aromatic rings. The highest BCUT2D eigenvalue weighted by Gasteiger charge is 2.45. The quantitative estimate of drug-likeness (QED) is 0.360. The number of pyridine rings is 1. The maximum atomic E-state index is 14.7. The van der Waals surface area contributed by atoms with Crippen LogP contribution in [0.25, 0.3) is 0 Å². The Morgan fingerprint density at radius 2 is 1.51 bits per heavy atom. The molecule has 1 aromatic heterocycles. The SMILES string of the molecule is CCOc1ncccc1C1=N[C@H](c2ccc(Cl)cc2)[C@H](c2ccc(Cl)cc2)N1C(=O)N1CCN(CC(=O)N2CCOCC2)CC1. The summed E-state index contributed by atoms with van der Waals surface area (Å²) < 4.78 is 11.3. The molecule has 0 spiro atoms. The summed E-state index contributed by atoms with van der Waals surface area (Å²) in [6.45, 7) is 7.15. The second-order valence-corrected chi connectivity index (χ2v) is 12.0. The zero-order valence-electron chi connectivity index (χ0n) is 25.1. The summed E-state index contributed by atoms with van der Waals surface area (Å²) in [5.41, 5.74) is 2.45. The van der Waals surface area contributed by atoms with Crippen molar-refractivity contribution in [3.8, 4) is 5.88 Å². The Morgan fingerprint density at radius 1 is 0.867 bits per heavy atom. The summed E-state index contributed by atoms with van der Waals surface area (Å²) in [5, 5.41) is 1.22. The molecule has 0 N–H and O–H groups in total. The number of urea groups is 1. The number of aliphatic imine (C=N–C) groups is 1. The summed E-state index contributed by atoms with van der Waals surface area (Å²) in [6, 6.07) is 17.7. The molecular formula is C33H36Cl2N6O4. The van der Waals surface area contributed by atoms with Crippen LogP contribution in [0.15, 0.2) is 71.9 Å². The van der Waals surface area contributed by atoms with Crippen LogP contribution in [0.1, 0.15) is 35.7 Å². The van der Waals surface area contributed by atoms with E-state index in [0.717, 1.165) is 11.1 Å². The Balaban J connectivity index is 1.32. The summed E-state index contributed by atoms with van der Waals surface area (Å²) in [5.74, 6) is 0.997. The van der Waals surface area contributed by atoms with Crippen molar-refractivity contribution in [2.24, 2.45) is 4.99 Å². The molecule has 3 amide bonds. The second kappa shape index (κ2) is 14.2. The highest BCUT2D eigenvalue weighted by Crippen LogP contribution is 2.45. The third-order valence-electron chi connectivity index (χ3n) is 8.35. The smallest absolute Gasteiger partial charge is 0.326 e. The minimum absolute atomic E-state index is 0.0979. The predicted molar refractivity (Wildman–Crippen MR) is 173 cm³/mol. The number of hydrogen-bond donors (Lipinski definition) is 0. The molecule has 0 bridgehead atoms. The molecule has 0 saturated carbocycles. The molecule has 4 heterocycles. The van der Waals surface area contributed by atoms with Gasteiger partial charge < -0.3 is 19.3 Å². The number of rotatable bonds is 7. The van der Waals surface area contributed by atoms with Crippen molar-refractivity contribution in [2.45, 2.75) is 19.0 Å². The predicted octanol–water partition coefficient (Wildman–Crippen LogP) is 4.93. The standard InChI is InChI=1S/C33H36Cl2N6O4/c1-2-45-32-27(4-3-13-36-32)31-37-29(23-5-9-25(34)10-6-23)30(24-7-11-26(35)12-8-24)41(31)33(43)40-16-14-38(15-17-40)22-28(42)39-18-20-44-21-19-39/h3-13,29-30H,2,14-22H2,1H3/t29-,30+/m1/s1. The summed E-state index contributed by atoms with van der Waals surface area (Å²) in [6.07, 6.45) is 1.67. The van der Waals surface area contributed by atoms with E-state index in [4.69, 9.17) is 37.7 Å². The molecule has 45 heavy (non-hydrogen) atoms. The molecule has 2 atom stereocenters. The Hall–Kier alpha value is -3.70. The van der Waals surface area contributed by atoms with Crippen LogP contribution in [0.5, 0.6) is 5.88 Å². The number of aromatic nitrogens is 1. The number of carbonyl (C=O) groups is 2. The molecule has 2 saturated heterocycles. The van der Waals surface area contributed by atoms with Crippen LogP contribution in [0, 0.1) is 0 Å². The van der Waals surface area contributed by atoms with Crippen molar-refractivity contribution in [1.82, 2.24) is 24.6 Å². The molecule has 2 aromatic carbocycles. The topological polar surface area (TPSA) is 90.8 Å². The average molecular weight is 652 g/mol. The van der Waals surface area contributed by atoms with Gasteiger partial charge in [0.05, 0.1) is 38.0 Å². The van der Waals surface area contributed by atoms with E-state index in [-0.39, 0.29) is 11.9 Å². The van der Waals surface area contributed by atoms with E-state index in [1.807, 2.05) is 77.4 Å². The molecule has 3 aliphatic heterocycles. The number of morpholine rings is 1. The molecule has 10 nitrogen and oxygen atoms in total. The van der Waals surface area contributed by atoms with Crippen LogP contribution in [0.3, 0.4) is 0 Å². The van der Waals surface area contributed by atoms with E-state index in [1.54, 1.807) is 11.1 Å². The Bertz CT molecular complexity index is 1520. The van der Waals surface area contributed by atoms with Gasteiger partial charge in [0.15, 0.2) is 0 Å². The van der Waals surface area contributed by atoms with Crippen molar-refractivity contribution in [3.05, 3.63) is 93.6 Å². The van der Waals surface area contributed by atoms with Gasteiger partial charge in [0.25, 0.3) is 0 Å². The van der Waals surface area contributed by atoms with Gasteiger partial charge in [0, 0.05) is 55.5 Å². The Labute approximate surface area is 273 Å². The van der Waals surface area contributed by atoms with Gasteiger partial charge in [-0.3, -0.25) is 19.6 Å². The highest BCUT2D eigenvalue weighted by atomic mass is 35.5. The van der Waals surface area contributed by atoms with Gasteiger partial charge in [-0.05, 0) is 54.4 Å². The van der Waals surface area contributed by atoms with Crippen LogP contribution in [0.2, 0.25) is 10.0 Å². The minimum atomic E-state index is -0.471. The van der Waals surface area contributed by atoms with Gasteiger partial charge in [0.1, 0.15) is 11.9 Å². The average Bonchev–Trinajstić information content (AvgIpc) is 3.46. The second-order valence-electron chi connectivity index (χ2n) is 11.1. The maximum Gasteiger partial charge on any atom is 0.326 e. The number of carbonyl (C=O) groups excluding carboxylic acids is 2. The van der Waals surface area contributed by atoms with Crippen molar-refractivity contribution < 1.29 is 19.1 Å². The monoisotopic (exact) mass is 650 g/mol. The lowest BCUT2D eigenvalue weighted by Gasteiger charge is -2.39. The van der Waals surface area contributed by atoms with Crippen LogP contribution in [-0.4, -0.2) is 108 Å². The number of amides is 3. The normalized spacial score (nSPS) is 20.7. The lowest BCUT2D eigenvalue weighted by atomic mass is 9.93. The molecular weight excluding hydrogens is 615 g/mol. The molecule has 3 aliphatic rings. The number of piperazine rings is 1. The van der Waals surface area contributed by atoms with E-state index in [0.29, 0.717) is 93.0 Å². The fraction of sp³-hybridized carbons (Fsp3) is 0.394. The first-order valence-electron chi connectivity index (χ1n) is 15.3. The van der Waals surface area contributed by atoms with Crippen molar-refractivity contribution in [1.29, 1.82) is 0 Å². The number of amidine groups is 1. The first-order chi connectivity index (χ1) is 21.9. The molecule has 6 rings (SSSR count). The maximum absolute atomic E-state index is 14.7. The molecule has 236 valence electrons. The van der Waals surface area contributed by atoms with Gasteiger partial charge >= 0.3 is 6.03 Å². The highest BCUT2D eigenvalue weighted by molar-refractivity contribution is 6.30. The first kappa shape index (κ1) is 31.3. The van der Waals surface area contributed by atoms with Crippen LogP contribution < -0.4 is 4.74 Å². The third kappa shape index (κ3) is 6.94. The van der Waals surface area contributed by atoms with Crippen LogP contribution >= 0.6 is 23.2 Å². The molecule has 12 heteroatoms. The number of hydrogen-bond acceptors (Lipinski definition) is 7.